The molecule has 1 aromatic heterocycles. The molecule has 0 radical (unpaired) electrons. The van der Waals surface area contributed by atoms with Gasteiger partial charge in [0.15, 0.2) is 5.82 Å². The van der Waals surface area contributed by atoms with E-state index < -0.39 is 5.97 Å². The lowest BCUT2D eigenvalue weighted by Crippen LogP contribution is -2.23. The number of ether oxygens (including phenoxy) is 1. The van der Waals surface area contributed by atoms with E-state index >= 15 is 0 Å². The van der Waals surface area contributed by atoms with Crippen LogP contribution in [0.2, 0.25) is 0 Å². The summed E-state index contributed by atoms with van der Waals surface area (Å²) >= 11 is 0. The molecule has 0 aliphatic heterocycles. The fraction of sp³-hybridized carbons (Fsp3) is 0.188. The first-order chi connectivity index (χ1) is 11.0. The summed E-state index contributed by atoms with van der Waals surface area (Å²) in [6.45, 7) is 5.44. The highest BCUT2D eigenvalue weighted by molar-refractivity contribution is 5.88. The van der Waals surface area contributed by atoms with Gasteiger partial charge in [-0.25, -0.2) is 4.79 Å². The second kappa shape index (κ2) is 7.37. The Hall–Kier alpha value is -2.93. The molecule has 0 saturated heterocycles. The normalized spacial score (nSPS) is 12.7. The molecular weight excluding hydrogens is 298 g/mol. The van der Waals surface area contributed by atoms with E-state index in [-0.39, 0.29) is 17.7 Å². The lowest BCUT2D eigenvalue weighted by molar-refractivity contribution is 0.0697. The Balaban J connectivity index is 2.20. The summed E-state index contributed by atoms with van der Waals surface area (Å²) < 4.78 is 10.3. The number of hydrogen-bond acceptors (Lipinski definition) is 6. The minimum atomic E-state index is -1.01. The number of carbonyl (C=O) groups is 1. The van der Waals surface area contributed by atoms with Gasteiger partial charge in [-0.15, -0.1) is 0 Å². The summed E-state index contributed by atoms with van der Waals surface area (Å²) in [6, 6.07) is 6.31. The highest BCUT2D eigenvalue weighted by atomic mass is 16.5. The van der Waals surface area contributed by atoms with Crippen LogP contribution < -0.4 is 5.32 Å². The molecule has 7 nitrogen and oxygen atoms in total. The minimum Gasteiger partial charge on any atom is -0.478 e. The largest absolute Gasteiger partial charge is 0.478 e. The Labute approximate surface area is 133 Å². The molecule has 7 heteroatoms. The number of nitrogens with one attached hydrogen (secondary N) is 1. The number of carboxylic acids is 1. The van der Waals surface area contributed by atoms with Crippen molar-refractivity contribution >= 4 is 11.5 Å². The van der Waals surface area contributed by atoms with Gasteiger partial charge in [0.2, 0.25) is 0 Å². The summed E-state index contributed by atoms with van der Waals surface area (Å²) in [6.07, 6.45) is 2.99. The van der Waals surface area contributed by atoms with Gasteiger partial charge in [-0.05, 0) is 31.2 Å². The van der Waals surface area contributed by atoms with Crippen molar-refractivity contribution in [1.82, 2.24) is 15.5 Å². The van der Waals surface area contributed by atoms with E-state index in [0.29, 0.717) is 11.4 Å². The topological polar surface area (TPSA) is 97.5 Å². The van der Waals surface area contributed by atoms with Gasteiger partial charge in [0.05, 0.1) is 5.56 Å². The molecule has 1 aromatic carbocycles. The van der Waals surface area contributed by atoms with Crippen LogP contribution >= 0.6 is 0 Å². The monoisotopic (exact) mass is 315 g/mol. The predicted octanol–water partition coefficient (Wildman–Crippen LogP) is 2.54. The fourth-order valence-electron chi connectivity index (χ4n) is 1.79. The number of allylic oxidation sites excluding steroid dienone is 1. The maximum Gasteiger partial charge on any atom is 0.335 e. The molecule has 2 N–H and O–H groups in total. The number of benzene rings is 1. The summed E-state index contributed by atoms with van der Waals surface area (Å²) in [5, 5.41) is 15.9. The molecule has 0 spiro atoms. The Kier molecular flexibility index (Phi) is 5.27. The van der Waals surface area contributed by atoms with Crippen molar-refractivity contribution in [3.63, 3.8) is 0 Å². The number of rotatable bonds is 7. The third kappa shape index (κ3) is 4.04. The third-order valence-electron chi connectivity index (χ3n) is 3.07. The maximum absolute atomic E-state index is 11.0. The van der Waals surface area contributed by atoms with Crippen LogP contribution in [-0.2, 0) is 4.74 Å². The zero-order valence-corrected chi connectivity index (χ0v) is 12.8. The molecule has 0 fully saturated rings. The molecule has 1 atom stereocenters. The Bertz CT molecular complexity index is 736. The summed E-state index contributed by atoms with van der Waals surface area (Å²) in [5.41, 5.74) is 1.44. The summed E-state index contributed by atoms with van der Waals surface area (Å²) in [7, 11) is 1.56. The van der Waals surface area contributed by atoms with Gasteiger partial charge in [-0.3, -0.25) is 0 Å². The van der Waals surface area contributed by atoms with E-state index in [0.717, 1.165) is 5.57 Å². The quantitative estimate of drug-likeness (QED) is 0.598. The molecule has 0 saturated carbocycles. The van der Waals surface area contributed by atoms with Gasteiger partial charge in [0, 0.05) is 24.4 Å². The first kappa shape index (κ1) is 16.4. The first-order valence-electron chi connectivity index (χ1n) is 6.81. The van der Waals surface area contributed by atoms with Gasteiger partial charge >= 0.3 is 5.97 Å². The van der Waals surface area contributed by atoms with E-state index in [1.807, 2.05) is 6.92 Å². The number of nitrogens with zero attached hydrogens (tertiary/aromatic N) is 2. The van der Waals surface area contributed by atoms with E-state index in [2.05, 4.69) is 22.0 Å². The van der Waals surface area contributed by atoms with Crippen LogP contribution in [0, 0.1) is 0 Å². The first-order valence-corrected chi connectivity index (χ1v) is 6.81. The molecule has 2 rings (SSSR count). The molecule has 1 unspecified atom stereocenters. The Morgan fingerprint density at radius 2 is 2.30 bits per heavy atom. The predicted molar refractivity (Wildman–Crippen MR) is 84.5 cm³/mol. The van der Waals surface area contributed by atoms with Crippen molar-refractivity contribution in [3.05, 3.63) is 54.5 Å². The zero-order chi connectivity index (χ0) is 16.8. The number of carboxylic acid groups (broad SMARTS) is 1. The van der Waals surface area contributed by atoms with Crippen LogP contribution in [0.15, 0.2) is 47.6 Å². The molecule has 0 aliphatic carbocycles. The molecule has 120 valence electrons. The highest BCUT2D eigenvalue weighted by Crippen LogP contribution is 2.20. The van der Waals surface area contributed by atoms with Crippen LogP contribution in [-0.4, -0.2) is 34.6 Å². The second-order valence-electron chi connectivity index (χ2n) is 4.70. The van der Waals surface area contributed by atoms with Crippen LogP contribution in [0.25, 0.3) is 17.0 Å². The van der Waals surface area contributed by atoms with E-state index in [4.69, 9.17) is 14.4 Å². The van der Waals surface area contributed by atoms with Crippen molar-refractivity contribution in [3.8, 4) is 11.5 Å². The van der Waals surface area contributed by atoms with Crippen molar-refractivity contribution in [2.75, 3.05) is 7.11 Å². The standard InChI is InChI=1S/C16H17N3O4/c1-4-13(22-3)17-9-10(2)14-18-15(23-19-14)11-6-5-7-12(8-11)16(20)21/h4-9,13,17H,1H2,2-3H3,(H,20,21)/b10-9+. The highest BCUT2D eigenvalue weighted by Gasteiger charge is 2.12. The minimum absolute atomic E-state index is 0.158. The second-order valence-corrected chi connectivity index (χ2v) is 4.70. The van der Waals surface area contributed by atoms with Crippen LogP contribution in [0.1, 0.15) is 23.1 Å². The van der Waals surface area contributed by atoms with Crippen molar-refractivity contribution in [2.45, 2.75) is 13.2 Å². The number of methoxy groups -OCH3 is 1. The summed E-state index contributed by atoms with van der Waals surface area (Å²) in [4.78, 5) is 15.3. The molecule has 0 bridgehead atoms. The van der Waals surface area contributed by atoms with Gasteiger partial charge < -0.3 is 19.7 Å². The molecular formula is C16H17N3O4. The van der Waals surface area contributed by atoms with Crippen LogP contribution in [0.4, 0.5) is 0 Å². The third-order valence-corrected chi connectivity index (χ3v) is 3.07. The molecule has 1 heterocycles. The zero-order valence-electron chi connectivity index (χ0n) is 12.8. The van der Waals surface area contributed by atoms with Crippen LogP contribution in [0.5, 0.6) is 0 Å². The van der Waals surface area contributed by atoms with Gasteiger partial charge in [0.25, 0.3) is 5.89 Å². The molecule has 23 heavy (non-hydrogen) atoms. The van der Waals surface area contributed by atoms with Gasteiger partial charge in [0.1, 0.15) is 6.23 Å². The fourth-order valence-corrected chi connectivity index (χ4v) is 1.79. The van der Waals surface area contributed by atoms with E-state index in [9.17, 15) is 4.79 Å². The number of aromatic nitrogens is 2. The summed E-state index contributed by atoms with van der Waals surface area (Å²) in [5.74, 6) is -0.364. The van der Waals surface area contributed by atoms with Crippen molar-refractivity contribution in [1.29, 1.82) is 0 Å². The van der Waals surface area contributed by atoms with Gasteiger partial charge in [-0.2, -0.15) is 4.98 Å². The van der Waals surface area contributed by atoms with Crippen molar-refractivity contribution in [2.24, 2.45) is 0 Å². The average Bonchev–Trinajstić information content (AvgIpc) is 3.06. The van der Waals surface area contributed by atoms with Crippen LogP contribution in [0.3, 0.4) is 0 Å². The SMILES string of the molecule is C=CC(N/C=C(\C)c1noc(-c2cccc(C(=O)O)c2)n1)OC. The Morgan fingerprint density at radius 1 is 1.52 bits per heavy atom. The smallest absolute Gasteiger partial charge is 0.335 e. The lowest BCUT2D eigenvalue weighted by Gasteiger charge is -2.10. The molecule has 2 aromatic rings. The van der Waals surface area contributed by atoms with E-state index in [1.54, 1.807) is 31.5 Å². The number of aromatic carboxylic acids is 1. The van der Waals surface area contributed by atoms with E-state index in [1.165, 1.54) is 12.1 Å². The van der Waals surface area contributed by atoms with Crippen molar-refractivity contribution < 1.29 is 19.2 Å². The lowest BCUT2D eigenvalue weighted by atomic mass is 10.1. The molecule has 0 amide bonds. The molecule has 0 aliphatic rings. The van der Waals surface area contributed by atoms with Gasteiger partial charge in [-0.1, -0.05) is 17.8 Å². The maximum atomic E-state index is 11.0. The Morgan fingerprint density at radius 3 is 2.96 bits per heavy atom. The number of hydrogen-bond donors (Lipinski definition) is 2. The average molecular weight is 315 g/mol.